The molecule has 8 heteroatoms. The van der Waals surface area contributed by atoms with Crippen LogP contribution in [0.4, 0.5) is 0 Å². The molecule has 1 unspecified atom stereocenters. The van der Waals surface area contributed by atoms with E-state index in [1.54, 1.807) is 12.3 Å². The van der Waals surface area contributed by atoms with Crippen LogP contribution in [0.25, 0.3) is 0 Å². The van der Waals surface area contributed by atoms with Crippen LogP contribution in [0.3, 0.4) is 0 Å². The van der Waals surface area contributed by atoms with E-state index in [1.165, 1.54) is 5.56 Å². The molecule has 2 aromatic carbocycles. The first-order valence-corrected chi connectivity index (χ1v) is 10.0. The summed E-state index contributed by atoms with van der Waals surface area (Å²) in [7, 11) is 0. The highest BCUT2D eigenvalue weighted by molar-refractivity contribution is 14.0. The lowest BCUT2D eigenvalue weighted by molar-refractivity contribution is 0.181. The van der Waals surface area contributed by atoms with Crippen LogP contribution in [0, 0.1) is 0 Å². The number of hydrogen-bond acceptors (Lipinski definition) is 3. The average Bonchev–Trinajstić information content (AvgIpc) is 3.24. The van der Waals surface area contributed by atoms with E-state index in [0.29, 0.717) is 36.2 Å². The lowest BCUT2D eigenvalue weighted by Crippen LogP contribution is -2.39. The lowest BCUT2D eigenvalue weighted by atomic mass is 10.1. The van der Waals surface area contributed by atoms with E-state index in [0.717, 1.165) is 12.1 Å². The minimum atomic E-state index is -0.723. The molecule has 0 aliphatic rings. The maximum atomic E-state index is 10.5. The Labute approximate surface area is 199 Å². The van der Waals surface area contributed by atoms with E-state index in [-0.39, 0.29) is 24.0 Å². The third-order valence-electron chi connectivity index (χ3n) is 4.49. The van der Waals surface area contributed by atoms with Gasteiger partial charge in [0.25, 0.3) is 0 Å². The van der Waals surface area contributed by atoms with Crippen molar-refractivity contribution in [2.24, 2.45) is 4.99 Å². The third-order valence-corrected chi connectivity index (χ3v) is 4.83. The van der Waals surface area contributed by atoms with Gasteiger partial charge in [0.2, 0.25) is 0 Å². The summed E-state index contributed by atoms with van der Waals surface area (Å²) in [5.74, 6) is 0.646. The van der Waals surface area contributed by atoms with E-state index in [1.807, 2.05) is 54.2 Å². The van der Waals surface area contributed by atoms with E-state index in [2.05, 4.69) is 32.9 Å². The molecule has 3 N–H and O–H groups in total. The smallest absolute Gasteiger partial charge is 0.191 e. The number of guanidine groups is 1. The number of aromatic nitrogens is 2. The van der Waals surface area contributed by atoms with Gasteiger partial charge in [0.1, 0.15) is 0 Å². The number of hydrogen-bond donors (Lipinski definition) is 3. The molecule has 0 amide bonds. The summed E-state index contributed by atoms with van der Waals surface area (Å²) in [5, 5.41) is 21.7. The molecule has 0 radical (unpaired) electrons. The molecular weight excluding hydrogens is 513 g/mol. The van der Waals surface area contributed by atoms with Crippen molar-refractivity contribution in [1.82, 2.24) is 20.4 Å². The second kappa shape index (κ2) is 12.6. The van der Waals surface area contributed by atoms with Crippen molar-refractivity contribution < 1.29 is 5.11 Å². The molecule has 160 valence electrons. The maximum Gasteiger partial charge on any atom is 0.191 e. The van der Waals surface area contributed by atoms with E-state index >= 15 is 0 Å². The number of nitrogens with one attached hydrogen (secondary N) is 2. The van der Waals surface area contributed by atoms with Crippen LogP contribution < -0.4 is 10.6 Å². The fourth-order valence-corrected chi connectivity index (χ4v) is 3.25. The van der Waals surface area contributed by atoms with Crippen molar-refractivity contribution in [3.05, 3.63) is 88.7 Å². The molecule has 0 aliphatic heterocycles. The van der Waals surface area contributed by atoms with Gasteiger partial charge in [0, 0.05) is 36.1 Å². The summed E-state index contributed by atoms with van der Waals surface area (Å²) < 4.78 is 1.89. The fourth-order valence-electron chi connectivity index (χ4n) is 2.99. The topological polar surface area (TPSA) is 74.5 Å². The number of rotatable bonds is 8. The van der Waals surface area contributed by atoms with Crippen molar-refractivity contribution in [2.75, 3.05) is 13.1 Å². The van der Waals surface area contributed by atoms with Crippen LogP contribution in [0.15, 0.2) is 72.0 Å². The van der Waals surface area contributed by atoms with Crippen molar-refractivity contribution in [3.63, 3.8) is 0 Å². The second-order valence-corrected chi connectivity index (χ2v) is 6.99. The van der Waals surface area contributed by atoms with Crippen molar-refractivity contribution in [2.45, 2.75) is 26.1 Å². The number of aliphatic imine (C=N–C) groups is 1. The Hall–Kier alpha value is -2.10. The SMILES string of the molecule is CCNC(=NCc1ccccc1Cn1cccn1)NCC(O)c1ccccc1Cl.I. The van der Waals surface area contributed by atoms with Gasteiger partial charge in [0.05, 0.1) is 19.2 Å². The van der Waals surface area contributed by atoms with E-state index in [4.69, 9.17) is 11.6 Å². The Kier molecular flexibility index (Phi) is 10.1. The number of nitrogens with zero attached hydrogens (tertiary/aromatic N) is 3. The lowest BCUT2D eigenvalue weighted by Gasteiger charge is -2.16. The van der Waals surface area contributed by atoms with Gasteiger partial charge in [-0.1, -0.05) is 54.1 Å². The van der Waals surface area contributed by atoms with Crippen molar-refractivity contribution >= 4 is 41.5 Å². The highest BCUT2D eigenvalue weighted by Gasteiger charge is 2.12. The van der Waals surface area contributed by atoms with Crippen LogP contribution in [0.5, 0.6) is 0 Å². The van der Waals surface area contributed by atoms with Gasteiger partial charge in [-0.15, -0.1) is 24.0 Å². The van der Waals surface area contributed by atoms with E-state index in [9.17, 15) is 5.11 Å². The molecule has 3 rings (SSSR count). The molecule has 0 saturated heterocycles. The number of benzene rings is 2. The Morgan fingerprint density at radius 3 is 2.53 bits per heavy atom. The van der Waals surface area contributed by atoms with Crippen LogP contribution in [-0.4, -0.2) is 33.9 Å². The Balaban J connectivity index is 0.00000320. The molecule has 0 spiro atoms. The summed E-state index contributed by atoms with van der Waals surface area (Å²) in [5.41, 5.74) is 3.00. The van der Waals surface area contributed by atoms with Crippen LogP contribution in [0.2, 0.25) is 5.02 Å². The Morgan fingerprint density at radius 1 is 1.10 bits per heavy atom. The minimum Gasteiger partial charge on any atom is -0.387 e. The van der Waals surface area contributed by atoms with Crippen LogP contribution in [0.1, 0.15) is 29.7 Å². The number of aliphatic hydroxyl groups excluding tert-OH is 1. The van der Waals surface area contributed by atoms with Gasteiger partial charge in [0.15, 0.2) is 5.96 Å². The summed E-state index contributed by atoms with van der Waals surface area (Å²) in [6.45, 7) is 4.27. The first kappa shape index (κ1) is 24.2. The molecule has 0 aliphatic carbocycles. The predicted octanol–water partition coefficient (Wildman–Crippen LogP) is 3.99. The van der Waals surface area contributed by atoms with E-state index < -0.39 is 6.10 Å². The molecule has 1 aromatic heterocycles. The standard InChI is InChI=1S/C22H26ClN5O.HI/c1-2-24-22(26-15-21(29)19-10-5-6-11-20(19)23)25-14-17-8-3-4-9-18(17)16-28-13-7-12-27-28;/h3-13,21,29H,2,14-16H2,1H3,(H2,24,25,26);1H. The highest BCUT2D eigenvalue weighted by Crippen LogP contribution is 2.21. The summed E-state index contributed by atoms with van der Waals surface area (Å²) >= 11 is 6.17. The summed E-state index contributed by atoms with van der Waals surface area (Å²) in [6.07, 6.45) is 3.00. The minimum absolute atomic E-state index is 0. The largest absolute Gasteiger partial charge is 0.387 e. The van der Waals surface area contributed by atoms with Gasteiger partial charge in [-0.2, -0.15) is 5.10 Å². The zero-order valence-electron chi connectivity index (χ0n) is 16.8. The fraction of sp³-hybridized carbons (Fsp3) is 0.273. The molecule has 0 saturated carbocycles. The normalized spacial score (nSPS) is 12.2. The summed E-state index contributed by atoms with van der Waals surface area (Å²) in [4.78, 5) is 4.68. The Morgan fingerprint density at radius 2 is 1.83 bits per heavy atom. The molecule has 3 aromatic rings. The van der Waals surface area contributed by atoms with Crippen molar-refractivity contribution in [1.29, 1.82) is 0 Å². The van der Waals surface area contributed by atoms with Crippen molar-refractivity contribution in [3.8, 4) is 0 Å². The van der Waals surface area contributed by atoms with Gasteiger partial charge >= 0.3 is 0 Å². The zero-order chi connectivity index (χ0) is 20.5. The molecule has 0 bridgehead atoms. The number of aliphatic hydroxyl groups is 1. The monoisotopic (exact) mass is 539 g/mol. The molecule has 0 fully saturated rings. The molecule has 1 heterocycles. The zero-order valence-corrected chi connectivity index (χ0v) is 19.9. The van der Waals surface area contributed by atoms with Gasteiger partial charge in [-0.05, 0) is 30.2 Å². The van der Waals surface area contributed by atoms with Crippen LogP contribution in [-0.2, 0) is 13.1 Å². The average molecular weight is 540 g/mol. The molecular formula is C22H27ClIN5O. The molecule has 6 nitrogen and oxygen atoms in total. The van der Waals surface area contributed by atoms with Gasteiger partial charge in [-0.25, -0.2) is 4.99 Å². The predicted molar refractivity (Wildman–Crippen MR) is 132 cm³/mol. The first-order valence-electron chi connectivity index (χ1n) is 9.66. The van der Waals surface area contributed by atoms with Gasteiger partial charge in [-0.3, -0.25) is 4.68 Å². The Bertz CT molecular complexity index is 933. The molecule has 30 heavy (non-hydrogen) atoms. The van der Waals surface area contributed by atoms with Gasteiger partial charge < -0.3 is 15.7 Å². The second-order valence-electron chi connectivity index (χ2n) is 6.59. The summed E-state index contributed by atoms with van der Waals surface area (Å²) in [6, 6.07) is 17.4. The number of halogens is 2. The quantitative estimate of drug-likeness (QED) is 0.230. The maximum absolute atomic E-state index is 10.5. The van der Waals surface area contributed by atoms with Crippen LogP contribution >= 0.6 is 35.6 Å². The highest BCUT2D eigenvalue weighted by atomic mass is 127. The molecule has 1 atom stereocenters. The first-order chi connectivity index (χ1) is 14.2. The third kappa shape index (κ3) is 7.00.